The molecule has 0 saturated heterocycles. The molecule has 1 amide bonds. The van der Waals surface area contributed by atoms with Crippen LogP contribution in [0.1, 0.15) is 15.9 Å². The first-order valence-electron chi connectivity index (χ1n) is 4.44. The molecule has 0 aliphatic rings. The summed E-state index contributed by atoms with van der Waals surface area (Å²) >= 11 is 0. The fourth-order valence-electron chi connectivity index (χ4n) is 1.25. The summed E-state index contributed by atoms with van der Waals surface area (Å²) in [5.74, 6) is -1.50. The number of carboxylic acids is 1. The van der Waals surface area contributed by atoms with Crippen LogP contribution in [0.3, 0.4) is 0 Å². The molecule has 0 atom stereocenters. The third-order valence-corrected chi connectivity index (χ3v) is 1.91. The maximum atomic E-state index is 10.9. The van der Waals surface area contributed by atoms with Gasteiger partial charge in [0.1, 0.15) is 11.3 Å². The number of hydrogen-bond acceptors (Lipinski definition) is 3. The maximum Gasteiger partial charge on any atom is 0.339 e. The smallest absolute Gasteiger partial charge is 0.339 e. The van der Waals surface area contributed by atoms with Crippen molar-refractivity contribution >= 4 is 18.0 Å². The molecule has 84 valence electrons. The molecule has 0 saturated carbocycles. The summed E-state index contributed by atoms with van der Waals surface area (Å²) in [6, 6.07) is 4.61. The molecule has 0 bridgehead atoms. The fraction of sp³-hybridized carbons (Fsp3) is 0.0909. The number of carbonyl (C=O) groups excluding carboxylic acids is 1. The molecule has 1 aromatic rings. The SMILES string of the molecule is COc1c(C=CC(N)=O)cccc1C(=O)O. The van der Waals surface area contributed by atoms with Crippen LogP contribution < -0.4 is 10.5 Å². The van der Waals surface area contributed by atoms with Gasteiger partial charge in [-0.3, -0.25) is 4.79 Å². The first kappa shape index (κ1) is 11.8. The summed E-state index contributed by atoms with van der Waals surface area (Å²) in [6.45, 7) is 0. The standard InChI is InChI=1S/C11H11NO4/c1-16-10-7(5-6-9(12)13)3-2-4-8(10)11(14)15/h2-6H,1H3,(H2,12,13)(H,14,15). The largest absolute Gasteiger partial charge is 0.495 e. The first-order chi connectivity index (χ1) is 7.56. The average Bonchev–Trinajstić information content (AvgIpc) is 2.25. The maximum absolute atomic E-state index is 10.9. The van der Waals surface area contributed by atoms with E-state index < -0.39 is 11.9 Å². The fourth-order valence-corrected chi connectivity index (χ4v) is 1.25. The van der Waals surface area contributed by atoms with Gasteiger partial charge in [0.2, 0.25) is 5.91 Å². The number of amides is 1. The highest BCUT2D eigenvalue weighted by Gasteiger charge is 2.12. The molecule has 3 N–H and O–H groups in total. The molecule has 0 fully saturated rings. The van der Waals surface area contributed by atoms with Crippen molar-refractivity contribution in [2.45, 2.75) is 0 Å². The van der Waals surface area contributed by atoms with Crippen molar-refractivity contribution in [3.8, 4) is 5.75 Å². The molecule has 0 aliphatic carbocycles. The molecule has 5 heteroatoms. The van der Waals surface area contributed by atoms with E-state index in [1.54, 1.807) is 12.1 Å². The summed E-state index contributed by atoms with van der Waals surface area (Å²) < 4.78 is 4.99. The zero-order chi connectivity index (χ0) is 12.1. The Morgan fingerprint density at radius 2 is 2.12 bits per heavy atom. The molecule has 0 aliphatic heterocycles. The minimum absolute atomic E-state index is 0.0362. The van der Waals surface area contributed by atoms with E-state index in [4.69, 9.17) is 15.6 Å². The number of nitrogens with two attached hydrogens (primary N) is 1. The normalized spacial score (nSPS) is 10.3. The van der Waals surface area contributed by atoms with Gasteiger partial charge in [-0.1, -0.05) is 12.1 Å². The zero-order valence-corrected chi connectivity index (χ0v) is 8.64. The van der Waals surface area contributed by atoms with Gasteiger partial charge >= 0.3 is 5.97 Å². The Balaban J connectivity index is 3.24. The number of hydrogen-bond donors (Lipinski definition) is 2. The summed E-state index contributed by atoms with van der Waals surface area (Å²) in [6.07, 6.45) is 2.55. The molecule has 0 unspecified atom stereocenters. The lowest BCUT2D eigenvalue weighted by molar-refractivity contribution is -0.113. The van der Waals surface area contributed by atoms with E-state index >= 15 is 0 Å². The van der Waals surface area contributed by atoms with Crippen LogP contribution in [-0.4, -0.2) is 24.1 Å². The number of carbonyl (C=O) groups is 2. The minimum Gasteiger partial charge on any atom is -0.495 e. The van der Waals surface area contributed by atoms with E-state index in [1.807, 2.05) is 0 Å². The minimum atomic E-state index is -1.09. The van der Waals surface area contributed by atoms with E-state index in [9.17, 15) is 9.59 Å². The van der Waals surface area contributed by atoms with Crippen molar-refractivity contribution in [1.82, 2.24) is 0 Å². The molecule has 0 radical (unpaired) electrons. The van der Waals surface area contributed by atoms with Gasteiger partial charge in [0.15, 0.2) is 0 Å². The van der Waals surface area contributed by atoms with Crippen LogP contribution in [-0.2, 0) is 4.79 Å². The van der Waals surface area contributed by atoms with Crippen molar-refractivity contribution in [3.63, 3.8) is 0 Å². The summed E-state index contributed by atoms with van der Waals surface area (Å²) in [7, 11) is 1.36. The Morgan fingerprint density at radius 1 is 1.44 bits per heavy atom. The van der Waals surface area contributed by atoms with Gasteiger partial charge in [0.25, 0.3) is 0 Å². The molecule has 1 aromatic carbocycles. The Kier molecular flexibility index (Phi) is 3.66. The summed E-state index contributed by atoms with van der Waals surface area (Å²) in [5.41, 5.74) is 5.47. The molecule has 0 heterocycles. The topological polar surface area (TPSA) is 89.6 Å². The highest BCUT2D eigenvalue weighted by atomic mass is 16.5. The third kappa shape index (κ3) is 2.60. The number of benzene rings is 1. The Morgan fingerprint density at radius 3 is 2.62 bits per heavy atom. The van der Waals surface area contributed by atoms with Crippen molar-refractivity contribution < 1.29 is 19.4 Å². The number of ether oxygens (including phenoxy) is 1. The predicted molar refractivity (Wildman–Crippen MR) is 58.2 cm³/mol. The molecular weight excluding hydrogens is 210 g/mol. The van der Waals surface area contributed by atoms with E-state index in [1.165, 1.54) is 19.3 Å². The van der Waals surface area contributed by atoms with Crippen molar-refractivity contribution in [2.75, 3.05) is 7.11 Å². The van der Waals surface area contributed by atoms with Crippen LogP contribution in [0.5, 0.6) is 5.75 Å². The quantitative estimate of drug-likeness (QED) is 0.739. The van der Waals surface area contributed by atoms with Gasteiger partial charge in [-0.2, -0.15) is 0 Å². The second-order valence-electron chi connectivity index (χ2n) is 2.97. The van der Waals surface area contributed by atoms with E-state index in [2.05, 4.69) is 0 Å². The Bertz CT molecular complexity index is 451. The number of aromatic carboxylic acids is 1. The monoisotopic (exact) mass is 221 g/mol. The second-order valence-corrected chi connectivity index (χ2v) is 2.97. The second kappa shape index (κ2) is 4.97. The van der Waals surface area contributed by atoms with Crippen molar-refractivity contribution in [2.24, 2.45) is 5.73 Å². The van der Waals surface area contributed by atoms with Gasteiger partial charge in [0, 0.05) is 11.6 Å². The van der Waals surface area contributed by atoms with Crippen LogP contribution in [0.2, 0.25) is 0 Å². The number of methoxy groups -OCH3 is 1. The first-order valence-corrected chi connectivity index (χ1v) is 4.44. The summed E-state index contributed by atoms with van der Waals surface area (Å²) in [5, 5.41) is 8.90. The van der Waals surface area contributed by atoms with Crippen LogP contribution in [0.4, 0.5) is 0 Å². The van der Waals surface area contributed by atoms with Gasteiger partial charge < -0.3 is 15.6 Å². The highest BCUT2D eigenvalue weighted by Crippen LogP contribution is 2.24. The molecule has 0 aromatic heterocycles. The Hall–Kier alpha value is -2.30. The molecule has 1 rings (SSSR count). The van der Waals surface area contributed by atoms with Crippen LogP contribution >= 0.6 is 0 Å². The molecule has 16 heavy (non-hydrogen) atoms. The van der Waals surface area contributed by atoms with Crippen LogP contribution in [0, 0.1) is 0 Å². The van der Waals surface area contributed by atoms with Crippen molar-refractivity contribution in [3.05, 3.63) is 35.4 Å². The average molecular weight is 221 g/mol. The van der Waals surface area contributed by atoms with Crippen LogP contribution in [0.15, 0.2) is 24.3 Å². The lowest BCUT2D eigenvalue weighted by atomic mass is 10.1. The van der Waals surface area contributed by atoms with Gasteiger partial charge in [-0.25, -0.2) is 4.79 Å². The predicted octanol–water partition coefficient (Wildman–Crippen LogP) is 0.892. The number of para-hydroxylation sites is 1. The zero-order valence-electron chi connectivity index (χ0n) is 8.64. The summed E-state index contributed by atoms with van der Waals surface area (Å²) in [4.78, 5) is 21.4. The lowest BCUT2D eigenvalue weighted by Crippen LogP contribution is -2.05. The lowest BCUT2D eigenvalue weighted by Gasteiger charge is -2.07. The van der Waals surface area contributed by atoms with E-state index in [0.29, 0.717) is 5.56 Å². The van der Waals surface area contributed by atoms with Gasteiger partial charge in [0.05, 0.1) is 7.11 Å². The number of carboxylic acid groups (broad SMARTS) is 1. The third-order valence-electron chi connectivity index (χ3n) is 1.91. The van der Waals surface area contributed by atoms with Crippen LogP contribution in [0.25, 0.3) is 6.08 Å². The van der Waals surface area contributed by atoms with Gasteiger partial charge in [-0.15, -0.1) is 0 Å². The molecular formula is C11H11NO4. The number of primary amides is 1. The van der Waals surface area contributed by atoms with E-state index in [0.717, 1.165) is 6.08 Å². The number of rotatable bonds is 4. The molecule has 5 nitrogen and oxygen atoms in total. The van der Waals surface area contributed by atoms with E-state index in [-0.39, 0.29) is 11.3 Å². The van der Waals surface area contributed by atoms with Crippen molar-refractivity contribution in [1.29, 1.82) is 0 Å². The Labute approximate surface area is 92.1 Å². The van der Waals surface area contributed by atoms with Gasteiger partial charge in [-0.05, 0) is 12.1 Å². The molecule has 0 spiro atoms. The highest BCUT2D eigenvalue weighted by molar-refractivity contribution is 5.94.